The van der Waals surface area contributed by atoms with Crippen LogP contribution in [0.5, 0.6) is 0 Å². The zero-order valence-corrected chi connectivity index (χ0v) is 6.76. The van der Waals surface area contributed by atoms with E-state index >= 15 is 0 Å². The maximum atomic E-state index is 10.1. The molecule has 14 heavy (non-hydrogen) atoms. The molecule has 0 aliphatic rings. The van der Waals surface area contributed by atoms with E-state index in [1.54, 1.807) is 0 Å². The van der Waals surface area contributed by atoms with Crippen molar-refractivity contribution in [2.75, 3.05) is 0 Å². The number of carboxylic acids is 3. The zero-order chi connectivity index (χ0) is 10.6. The Morgan fingerprint density at radius 2 is 1.29 bits per heavy atom. The van der Waals surface area contributed by atoms with Crippen molar-refractivity contribution in [3.8, 4) is 0 Å². The fraction of sp³-hybridized carbons (Fsp3) is 0.500. The van der Waals surface area contributed by atoms with Crippen LogP contribution in [0.3, 0.4) is 0 Å². The van der Waals surface area contributed by atoms with Gasteiger partial charge in [0.15, 0.2) is 0 Å². The summed E-state index contributed by atoms with van der Waals surface area (Å²) in [4.78, 5) is 30.0. The van der Waals surface area contributed by atoms with Crippen LogP contribution in [0.2, 0.25) is 0 Å². The van der Waals surface area contributed by atoms with Crippen LogP contribution < -0.4 is 15.3 Å². The van der Waals surface area contributed by atoms with E-state index in [1.807, 2.05) is 0 Å². The van der Waals surface area contributed by atoms with Crippen LogP contribution in [0.1, 0.15) is 12.8 Å². The second kappa shape index (κ2) is 5.14. The van der Waals surface area contributed by atoms with Gasteiger partial charge in [-0.15, -0.1) is 0 Å². The number of aliphatic hydroxyl groups is 1. The molecule has 82 valence electrons. The van der Waals surface area contributed by atoms with Crippen LogP contribution in [0.25, 0.3) is 0 Å². The standard InChI is InChI=1S/C6H8O7.H2O/c7-3(8)1-6(13,5(11)12)2-4(9)10;/h13H,1-2H2,(H,7,8)(H,9,10)(H,11,12);1H2/p-4. The summed E-state index contributed by atoms with van der Waals surface area (Å²) in [6, 6.07) is 0. The topological polar surface area (TPSA) is 171 Å². The average Bonchev–Trinajstić information content (AvgIpc) is 1.82. The third-order valence-electron chi connectivity index (χ3n) is 1.25. The lowest BCUT2D eigenvalue weighted by atomic mass is 9.96. The summed E-state index contributed by atoms with van der Waals surface area (Å²) >= 11 is 0. The molecule has 0 aromatic rings. The molecule has 0 saturated carbocycles. The second-order valence-corrected chi connectivity index (χ2v) is 2.42. The Morgan fingerprint density at radius 1 is 1.00 bits per heavy atom. The van der Waals surface area contributed by atoms with Gasteiger partial charge in [-0.05, 0) is 0 Å². The molecule has 0 heterocycles. The third kappa shape index (κ3) is 4.38. The number of carbonyl (C=O) groups is 3. The van der Waals surface area contributed by atoms with Crippen LogP contribution in [-0.4, -0.2) is 34.1 Å². The third-order valence-corrected chi connectivity index (χ3v) is 1.25. The number of carbonyl (C=O) groups excluding carboxylic acids is 3. The molecule has 0 radical (unpaired) electrons. The van der Waals surface area contributed by atoms with Crippen LogP contribution in [0, 0.1) is 0 Å². The maximum absolute atomic E-state index is 10.1. The summed E-state index contributed by atoms with van der Waals surface area (Å²) in [5, 5.41) is 38.9. The highest BCUT2D eigenvalue weighted by atomic mass is 16.4. The van der Waals surface area contributed by atoms with Gasteiger partial charge in [0.1, 0.15) is 5.60 Å². The van der Waals surface area contributed by atoms with Gasteiger partial charge in [-0.2, -0.15) is 0 Å². The molecular weight excluding hydrogens is 200 g/mol. The Labute approximate surface area is 77.7 Å². The summed E-state index contributed by atoms with van der Waals surface area (Å²) in [7, 11) is 0. The molecule has 8 nitrogen and oxygen atoms in total. The van der Waals surface area contributed by atoms with E-state index in [1.165, 1.54) is 0 Å². The molecule has 0 aliphatic heterocycles. The van der Waals surface area contributed by atoms with Crippen LogP contribution >= 0.6 is 0 Å². The highest BCUT2D eigenvalue weighted by Gasteiger charge is 2.29. The zero-order valence-electron chi connectivity index (χ0n) is 6.76. The minimum Gasteiger partial charge on any atom is -0.870 e. The SMILES string of the molecule is O=C([O-])CC(O)(CC(=O)[O-])C(=O)[O-].[OH-]. The lowest BCUT2D eigenvalue weighted by molar-refractivity contribution is -0.339. The number of carboxylic acid groups (broad SMARTS) is 3. The van der Waals surface area contributed by atoms with Crippen molar-refractivity contribution in [2.24, 2.45) is 0 Å². The summed E-state index contributed by atoms with van der Waals surface area (Å²) in [5.74, 6) is -5.98. The van der Waals surface area contributed by atoms with Gasteiger partial charge in [0.25, 0.3) is 0 Å². The fourth-order valence-corrected chi connectivity index (χ4v) is 0.684. The Kier molecular flexibility index (Phi) is 5.45. The van der Waals surface area contributed by atoms with Crippen LogP contribution in [-0.2, 0) is 14.4 Å². The maximum Gasteiger partial charge on any atom is 0.114 e. The molecule has 0 fully saturated rings. The van der Waals surface area contributed by atoms with Gasteiger partial charge in [0.05, 0.1) is 5.97 Å². The summed E-state index contributed by atoms with van der Waals surface area (Å²) in [5.41, 5.74) is -2.97. The predicted octanol–water partition coefficient (Wildman–Crippen LogP) is -5.43. The first-order valence-corrected chi connectivity index (χ1v) is 3.11. The molecule has 2 N–H and O–H groups in total. The fourth-order valence-electron chi connectivity index (χ4n) is 0.684. The van der Waals surface area contributed by atoms with Crippen molar-refractivity contribution >= 4 is 17.9 Å². The summed E-state index contributed by atoms with van der Waals surface area (Å²) in [6.45, 7) is 0. The van der Waals surface area contributed by atoms with Crippen LogP contribution in [0.4, 0.5) is 0 Å². The lowest BCUT2D eigenvalue weighted by Crippen LogP contribution is -2.54. The second-order valence-electron chi connectivity index (χ2n) is 2.42. The van der Waals surface area contributed by atoms with Gasteiger partial charge in [-0.3, -0.25) is 0 Å². The van der Waals surface area contributed by atoms with E-state index in [-0.39, 0.29) is 5.48 Å². The van der Waals surface area contributed by atoms with Crippen molar-refractivity contribution in [1.29, 1.82) is 0 Å². The smallest absolute Gasteiger partial charge is 0.114 e. The molecule has 0 spiro atoms. The number of aliphatic carboxylic acids is 3. The number of hydrogen-bond donors (Lipinski definition) is 1. The molecule has 0 aliphatic carbocycles. The van der Waals surface area contributed by atoms with E-state index in [2.05, 4.69) is 0 Å². The van der Waals surface area contributed by atoms with E-state index in [9.17, 15) is 29.7 Å². The minimum atomic E-state index is -2.97. The summed E-state index contributed by atoms with van der Waals surface area (Å²) in [6.07, 6.45) is -2.72. The Morgan fingerprint density at radius 3 is 1.43 bits per heavy atom. The Hall–Kier alpha value is -1.67. The monoisotopic (exact) mass is 206 g/mol. The first kappa shape index (κ1) is 14.8. The van der Waals surface area contributed by atoms with E-state index in [4.69, 9.17) is 5.11 Å². The normalized spacial score (nSPS) is 10.1. The number of hydrogen-bond acceptors (Lipinski definition) is 8. The Bertz CT molecular complexity index is 228. The number of rotatable bonds is 5. The van der Waals surface area contributed by atoms with Crippen molar-refractivity contribution < 1.29 is 40.3 Å². The van der Waals surface area contributed by atoms with Crippen molar-refractivity contribution in [1.82, 2.24) is 0 Å². The highest BCUT2D eigenvalue weighted by Crippen LogP contribution is 2.13. The molecular formula is C6H6O8-4. The van der Waals surface area contributed by atoms with Gasteiger partial charge in [-0.1, -0.05) is 0 Å². The molecule has 0 amide bonds. The summed E-state index contributed by atoms with van der Waals surface area (Å²) < 4.78 is 0. The molecule has 0 bridgehead atoms. The van der Waals surface area contributed by atoms with E-state index in [0.717, 1.165) is 0 Å². The molecule has 0 aromatic heterocycles. The van der Waals surface area contributed by atoms with Gasteiger partial charge >= 0.3 is 0 Å². The van der Waals surface area contributed by atoms with Gasteiger partial charge in [0.2, 0.25) is 0 Å². The van der Waals surface area contributed by atoms with Crippen molar-refractivity contribution in [3.05, 3.63) is 0 Å². The molecule has 0 aromatic carbocycles. The first-order valence-electron chi connectivity index (χ1n) is 3.11. The van der Waals surface area contributed by atoms with Crippen molar-refractivity contribution in [2.45, 2.75) is 18.4 Å². The van der Waals surface area contributed by atoms with Crippen LogP contribution in [0.15, 0.2) is 0 Å². The van der Waals surface area contributed by atoms with Crippen molar-refractivity contribution in [3.63, 3.8) is 0 Å². The predicted molar refractivity (Wildman–Crippen MR) is 31.1 cm³/mol. The molecule has 0 atom stereocenters. The average molecular weight is 206 g/mol. The largest absolute Gasteiger partial charge is 0.870 e. The molecule has 0 unspecified atom stereocenters. The minimum absolute atomic E-state index is 0. The van der Waals surface area contributed by atoms with E-state index < -0.39 is 36.4 Å². The van der Waals surface area contributed by atoms with Gasteiger partial charge in [0, 0.05) is 24.8 Å². The first-order chi connectivity index (χ1) is 5.78. The molecule has 8 heteroatoms. The molecule has 0 rings (SSSR count). The van der Waals surface area contributed by atoms with Gasteiger partial charge in [-0.25, -0.2) is 0 Å². The lowest BCUT2D eigenvalue weighted by Gasteiger charge is -2.29. The Balaban J connectivity index is 0. The quantitative estimate of drug-likeness (QED) is 0.464. The highest BCUT2D eigenvalue weighted by molar-refractivity contribution is 5.86. The molecule has 0 saturated heterocycles. The van der Waals surface area contributed by atoms with E-state index in [0.29, 0.717) is 0 Å². The van der Waals surface area contributed by atoms with Gasteiger partial charge < -0.3 is 40.3 Å².